The molecule has 0 fully saturated rings. The lowest BCUT2D eigenvalue weighted by Gasteiger charge is -2.37. The van der Waals surface area contributed by atoms with Gasteiger partial charge in [-0.05, 0) is 26.2 Å². The second kappa shape index (κ2) is 9.90. The Balaban J connectivity index is 4.45. The normalized spacial score (nSPS) is 12.4. The molecule has 0 spiro atoms. The number of ether oxygens (including phenoxy) is 2. The van der Waals surface area contributed by atoms with Crippen molar-refractivity contribution in [2.75, 3.05) is 26.4 Å². The summed E-state index contributed by atoms with van der Waals surface area (Å²) in [7, 11) is 0. The van der Waals surface area contributed by atoms with Crippen LogP contribution in [0, 0.1) is 11.3 Å². The number of unbranched alkanes of at least 4 members (excludes halogenated alkanes) is 2. The van der Waals surface area contributed by atoms with Gasteiger partial charge in [0.15, 0.2) is 0 Å². The van der Waals surface area contributed by atoms with Gasteiger partial charge in [0.05, 0.1) is 13.2 Å². The van der Waals surface area contributed by atoms with E-state index in [1.165, 1.54) is 25.7 Å². The van der Waals surface area contributed by atoms with E-state index < -0.39 is 0 Å². The molecule has 0 unspecified atom stereocenters. The van der Waals surface area contributed by atoms with Gasteiger partial charge in [0.25, 0.3) is 0 Å². The van der Waals surface area contributed by atoms with E-state index >= 15 is 0 Å². The molecule has 104 valence electrons. The third kappa shape index (κ3) is 6.42. The number of hydrogen-bond donors (Lipinski definition) is 0. The van der Waals surface area contributed by atoms with Gasteiger partial charge in [0.1, 0.15) is 0 Å². The number of hydrogen-bond acceptors (Lipinski definition) is 2. The van der Waals surface area contributed by atoms with E-state index in [-0.39, 0.29) is 5.41 Å². The highest BCUT2D eigenvalue weighted by atomic mass is 16.5. The van der Waals surface area contributed by atoms with Crippen LogP contribution in [0.4, 0.5) is 0 Å². The van der Waals surface area contributed by atoms with Crippen molar-refractivity contribution in [2.24, 2.45) is 11.3 Å². The largest absolute Gasteiger partial charge is 0.381 e. The van der Waals surface area contributed by atoms with Crippen molar-refractivity contribution in [2.45, 2.75) is 60.3 Å². The van der Waals surface area contributed by atoms with Crippen LogP contribution in [0.3, 0.4) is 0 Å². The molecule has 0 aromatic rings. The highest BCUT2D eigenvalue weighted by Gasteiger charge is 2.33. The Morgan fingerprint density at radius 2 is 1.41 bits per heavy atom. The monoisotopic (exact) mass is 244 g/mol. The summed E-state index contributed by atoms with van der Waals surface area (Å²) < 4.78 is 11.4. The topological polar surface area (TPSA) is 18.5 Å². The van der Waals surface area contributed by atoms with Crippen LogP contribution in [0.1, 0.15) is 60.3 Å². The zero-order valence-corrected chi connectivity index (χ0v) is 12.6. The van der Waals surface area contributed by atoms with Crippen molar-refractivity contribution < 1.29 is 9.47 Å². The van der Waals surface area contributed by atoms with Crippen molar-refractivity contribution in [1.82, 2.24) is 0 Å². The molecule has 0 aromatic heterocycles. The average molecular weight is 244 g/mol. The summed E-state index contributed by atoms with van der Waals surface area (Å²) in [5.41, 5.74) is 0.210. The van der Waals surface area contributed by atoms with Gasteiger partial charge in [0.2, 0.25) is 0 Å². The molecule has 17 heavy (non-hydrogen) atoms. The van der Waals surface area contributed by atoms with Gasteiger partial charge in [-0.3, -0.25) is 0 Å². The van der Waals surface area contributed by atoms with E-state index in [2.05, 4.69) is 34.6 Å². The molecule has 2 heteroatoms. The first kappa shape index (κ1) is 16.9. The molecule has 0 aliphatic carbocycles. The minimum Gasteiger partial charge on any atom is -0.381 e. The van der Waals surface area contributed by atoms with E-state index in [0.717, 1.165) is 26.4 Å². The zero-order valence-electron chi connectivity index (χ0n) is 12.6. The molecule has 0 atom stereocenters. The van der Waals surface area contributed by atoms with Crippen LogP contribution in [0.15, 0.2) is 0 Å². The molecular formula is C15H32O2. The van der Waals surface area contributed by atoms with E-state index in [1.807, 2.05) is 0 Å². The highest BCUT2D eigenvalue weighted by Crippen LogP contribution is 2.34. The first-order valence-electron chi connectivity index (χ1n) is 7.28. The fourth-order valence-electron chi connectivity index (χ4n) is 2.15. The Kier molecular flexibility index (Phi) is 9.85. The minimum absolute atomic E-state index is 0.210. The van der Waals surface area contributed by atoms with Crippen LogP contribution >= 0.6 is 0 Å². The molecule has 0 rings (SSSR count). The van der Waals surface area contributed by atoms with Gasteiger partial charge in [-0.2, -0.15) is 0 Å². The average Bonchev–Trinajstić information content (AvgIpc) is 2.32. The Hall–Kier alpha value is -0.0800. The van der Waals surface area contributed by atoms with Gasteiger partial charge >= 0.3 is 0 Å². The predicted octanol–water partition coefficient (Wildman–Crippen LogP) is 4.28. The van der Waals surface area contributed by atoms with Gasteiger partial charge in [0, 0.05) is 18.6 Å². The summed E-state index contributed by atoms with van der Waals surface area (Å²) in [6.07, 6.45) is 5.09. The van der Waals surface area contributed by atoms with Crippen molar-refractivity contribution >= 4 is 0 Å². The molecular weight excluding hydrogens is 212 g/mol. The lowest BCUT2D eigenvalue weighted by molar-refractivity contribution is -0.0493. The Morgan fingerprint density at radius 1 is 0.882 bits per heavy atom. The third-order valence-corrected chi connectivity index (χ3v) is 3.69. The fraction of sp³-hybridized carbons (Fsp3) is 1.00. The quantitative estimate of drug-likeness (QED) is 0.505. The number of rotatable bonds is 11. The van der Waals surface area contributed by atoms with Crippen molar-refractivity contribution in [3.8, 4) is 0 Å². The third-order valence-electron chi connectivity index (χ3n) is 3.69. The van der Waals surface area contributed by atoms with Crippen molar-refractivity contribution in [3.05, 3.63) is 0 Å². The van der Waals surface area contributed by atoms with E-state index in [4.69, 9.17) is 9.47 Å². The minimum atomic E-state index is 0.210. The standard InChI is InChI=1S/C15H32O2/c1-6-9-10-11-15(14(4)5,12-16-7-2)13-17-8-3/h14H,6-13H2,1-5H3. The van der Waals surface area contributed by atoms with Crippen LogP contribution in [-0.2, 0) is 9.47 Å². The highest BCUT2D eigenvalue weighted by molar-refractivity contribution is 4.82. The van der Waals surface area contributed by atoms with Crippen molar-refractivity contribution in [1.29, 1.82) is 0 Å². The maximum atomic E-state index is 5.71. The van der Waals surface area contributed by atoms with Gasteiger partial charge in [-0.15, -0.1) is 0 Å². The summed E-state index contributed by atoms with van der Waals surface area (Å²) in [6, 6.07) is 0. The molecule has 0 bridgehead atoms. The van der Waals surface area contributed by atoms with Crippen molar-refractivity contribution in [3.63, 3.8) is 0 Å². The molecule has 0 amide bonds. The van der Waals surface area contributed by atoms with Crippen LogP contribution in [0.5, 0.6) is 0 Å². The second-order valence-electron chi connectivity index (χ2n) is 5.25. The van der Waals surface area contributed by atoms with Gasteiger partial charge in [-0.1, -0.05) is 40.0 Å². The van der Waals surface area contributed by atoms with E-state index in [1.54, 1.807) is 0 Å². The summed E-state index contributed by atoms with van der Waals surface area (Å²) in [5.74, 6) is 0.609. The molecule has 0 aromatic carbocycles. The Bertz CT molecular complexity index is 158. The lowest BCUT2D eigenvalue weighted by Crippen LogP contribution is -2.37. The lowest BCUT2D eigenvalue weighted by atomic mass is 9.74. The SMILES string of the molecule is CCCCCC(COCC)(COCC)C(C)C. The molecule has 0 saturated carbocycles. The zero-order chi connectivity index (χ0) is 13.1. The Labute approximate surface area is 108 Å². The van der Waals surface area contributed by atoms with Gasteiger partial charge < -0.3 is 9.47 Å². The first-order chi connectivity index (χ1) is 8.13. The predicted molar refractivity (Wildman–Crippen MR) is 74.4 cm³/mol. The Morgan fingerprint density at radius 3 is 1.76 bits per heavy atom. The molecule has 0 radical (unpaired) electrons. The summed E-state index contributed by atoms with van der Waals surface area (Å²) in [4.78, 5) is 0. The van der Waals surface area contributed by atoms with E-state index in [0.29, 0.717) is 5.92 Å². The maximum absolute atomic E-state index is 5.71. The summed E-state index contributed by atoms with van der Waals surface area (Å²) in [5, 5.41) is 0. The molecule has 2 nitrogen and oxygen atoms in total. The van der Waals surface area contributed by atoms with E-state index in [9.17, 15) is 0 Å². The summed E-state index contributed by atoms with van der Waals surface area (Å²) in [6.45, 7) is 14.3. The first-order valence-corrected chi connectivity index (χ1v) is 7.28. The van der Waals surface area contributed by atoms with Gasteiger partial charge in [-0.25, -0.2) is 0 Å². The smallest absolute Gasteiger partial charge is 0.0546 e. The second-order valence-corrected chi connectivity index (χ2v) is 5.25. The van der Waals surface area contributed by atoms with Crippen LogP contribution in [0.2, 0.25) is 0 Å². The molecule has 0 aliphatic rings. The molecule has 0 N–H and O–H groups in total. The van der Waals surface area contributed by atoms with Crippen LogP contribution < -0.4 is 0 Å². The van der Waals surface area contributed by atoms with Crippen LogP contribution in [-0.4, -0.2) is 26.4 Å². The van der Waals surface area contributed by atoms with Crippen LogP contribution in [0.25, 0.3) is 0 Å². The maximum Gasteiger partial charge on any atom is 0.0546 e. The fourth-order valence-corrected chi connectivity index (χ4v) is 2.15. The molecule has 0 aliphatic heterocycles. The molecule has 0 heterocycles. The molecule has 0 saturated heterocycles. The summed E-state index contributed by atoms with van der Waals surface area (Å²) >= 11 is 0.